The fourth-order valence-corrected chi connectivity index (χ4v) is 2.06. The van der Waals surface area contributed by atoms with Gasteiger partial charge in [-0.1, -0.05) is 24.3 Å². The Morgan fingerprint density at radius 2 is 1.93 bits per heavy atom. The van der Waals surface area contributed by atoms with Gasteiger partial charge in [-0.2, -0.15) is 0 Å². The van der Waals surface area contributed by atoms with Crippen molar-refractivity contribution >= 4 is 11.6 Å². The molecule has 1 aliphatic rings. The fraction of sp³-hybridized carbons (Fsp3) is 0.455. The third-order valence-corrected chi connectivity index (χ3v) is 3.13. The van der Waals surface area contributed by atoms with Crippen LogP contribution in [0.1, 0.15) is 29.9 Å². The largest absolute Gasteiger partial charge is 0.263 e. The molecule has 0 saturated heterocycles. The molecule has 1 saturated carbocycles. The number of hydrogen-bond acceptors (Lipinski definition) is 0. The van der Waals surface area contributed by atoms with Gasteiger partial charge in [0.15, 0.2) is 0 Å². The maximum atomic E-state index is 12.2. The average molecular weight is 217 g/mol. The number of benzene rings is 1. The van der Waals surface area contributed by atoms with E-state index in [4.69, 9.17) is 11.6 Å². The molecule has 3 heteroatoms. The highest BCUT2D eigenvalue weighted by Crippen LogP contribution is 2.48. The molecule has 76 valence electrons. The van der Waals surface area contributed by atoms with Crippen molar-refractivity contribution in [3.8, 4) is 0 Å². The lowest BCUT2D eigenvalue weighted by Crippen LogP contribution is -1.87. The molecule has 2 unspecified atom stereocenters. The molecule has 14 heavy (non-hydrogen) atoms. The third kappa shape index (κ3) is 1.90. The monoisotopic (exact) mass is 216 g/mol. The van der Waals surface area contributed by atoms with Gasteiger partial charge in [0.25, 0.3) is 6.43 Å². The molecular weight excluding hydrogens is 206 g/mol. The summed E-state index contributed by atoms with van der Waals surface area (Å²) in [6.45, 7) is 0. The van der Waals surface area contributed by atoms with Crippen molar-refractivity contribution in [1.29, 1.82) is 0 Å². The molecule has 1 aromatic carbocycles. The van der Waals surface area contributed by atoms with E-state index in [1.165, 1.54) is 12.1 Å². The van der Waals surface area contributed by atoms with Gasteiger partial charge >= 0.3 is 0 Å². The summed E-state index contributed by atoms with van der Waals surface area (Å²) in [6.07, 6.45) is -1.27. The Bertz CT molecular complexity index is 308. The molecule has 0 N–H and O–H groups in total. The zero-order valence-electron chi connectivity index (χ0n) is 7.59. The second kappa shape index (κ2) is 3.85. The summed E-state index contributed by atoms with van der Waals surface area (Å²) >= 11 is 5.71. The molecule has 0 aliphatic heterocycles. The van der Waals surface area contributed by atoms with Gasteiger partial charge in [-0.05, 0) is 23.8 Å². The quantitative estimate of drug-likeness (QED) is 0.671. The van der Waals surface area contributed by atoms with Gasteiger partial charge in [0.2, 0.25) is 0 Å². The fourth-order valence-electron chi connectivity index (χ4n) is 1.72. The van der Waals surface area contributed by atoms with Crippen LogP contribution in [0, 0.1) is 5.92 Å². The van der Waals surface area contributed by atoms with Crippen LogP contribution in [0.15, 0.2) is 24.3 Å². The summed E-state index contributed by atoms with van der Waals surface area (Å²) in [5.41, 5.74) is 1.23. The maximum Gasteiger partial charge on any atom is 0.263 e. The molecule has 0 heterocycles. The summed E-state index contributed by atoms with van der Waals surface area (Å²) in [6, 6.07) is 6.59. The van der Waals surface area contributed by atoms with Gasteiger partial charge < -0.3 is 0 Å². The van der Waals surface area contributed by atoms with E-state index >= 15 is 0 Å². The van der Waals surface area contributed by atoms with Crippen molar-refractivity contribution < 1.29 is 8.78 Å². The summed E-state index contributed by atoms with van der Waals surface area (Å²) in [5, 5.41) is 0. The molecule has 2 atom stereocenters. The van der Waals surface area contributed by atoms with Crippen molar-refractivity contribution in [1.82, 2.24) is 0 Å². The number of hydrogen-bond donors (Lipinski definition) is 0. The van der Waals surface area contributed by atoms with E-state index in [0.29, 0.717) is 17.7 Å². The highest BCUT2D eigenvalue weighted by atomic mass is 35.5. The lowest BCUT2D eigenvalue weighted by molar-refractivity contribution is 0.151. The number of alkyl halides is 3. The smallest absolute Gasteiger partial charge is 0.205 e. The Labute approximate surface area is 86.9 Å². The van der Waals surface area contributed by atoms with E-state index in [1.807, 2.05) is 0 Å². The summed E-state index contributed by atoms with van der Waals surface area (Å²) in [7, 11) is 0. The van der Waals surface area contributed by atoms with Crippen LogP contribution in [0.5, 0.6) is 0 Å². The lowest BCUT2D eigenvalue weighted by atomic mass is 10.1. The van der Waals surface area contributed by atoms with Crippen LogP contribution in [0.3, 0.4) is 0 Å². The van der Waals surface area contributed by atoms with Crippen molar-refractivity contribution in [2.24, 2.45) is 5.92 Å². The predicted molar refractivity (Wildman–Crippen MR) is 53.0 cm³/mol. The van der Waals surface area contributed by atoms with E-state index in [1.54, 1.807) is 12.1 Å². The van der Waals surface area contributed by atoms with E-state index in [9.17, 15) is 8.78 Å². The molecule has 0 bridgehead atoms. The minimum atomic E-state index is -2.37. The predicted octanol–water partition coefficient (Wildman–Crippen LogP) is 3.97. The molecule has 1 aromatic rings. The lowest BCUT2D eigenvalue weighted by Gasteiger charge is -2.02. The average Bonchev–Trinajstić information content (AvgIpc) is 2.97. The van der Waals surface area contributed by atoms with E-state index in [2.05, 4.69) is 0 Å². The first-order valence-corrected chi connectivity index (χ1v) is 5.20. The Balaban J connectivity index is 2.08. The molecule has 1 aliphatic carbocycles. The topological polar surface area (TPSA) is 0 Å². The van der Waals surface area contributed by atoms with Crippen LogP contribution >= 0.6 is 11.6 Å². The normalized spacial score (nSPS) is 25.4. The molecule has 0 spiro atoms. The zero-order chi connectivity index (χ0) is 10.1. The second-order valence-corrected chi connectivity index (χ2v) is 4.03. The van der Waals surface area contributed by atoms with Gasteiger partial charge in [-0.25, -0.2) is 8.78 Å². The highest BCUT2D eigenvalue weighted by molar-refractivity contribution is 6.18. The zero-order valence-corrected chi connectivity index (χ0v) is 8.35. The van der Waals surface area contributed by atoms with Crippen molar-refractivity contribution in [2.45, 2.75) is 18.8 Å². The SMILES string of the molecule is FC(F)c1ccc(C2CC2CCl)cc1. The molecule has 0 nitrogen and oxygen atoms in total. The number of halogens is 3. The van der Waals surface area contributed by atoms with E-state index in [-0.39, 0.29) is 5.56 Å². The molecule has 0 radical (unpaired) electrons. The van der Waals surface area contributed by atoms with Crippen LogP contribution in [0.2, 0.25) is 0 Å². The Kier molecular flexibility index (Phi) is 2.73. The standard InChI is InChI=1S/C11H11ClF2/c12-6-9-5-10(9)7-1-3-8(4-2-7)11(13)14/h1-4,9-11H,5-6H2. The summed E-state index contributed by atoms with van der Waals surface area (Å²) in [5.74, 6) is 1.72. The minimum Gasteiger partial charge on any atom is -0.205 e. The Morgan fingerprint density at radius 3 is 2.36 bits per heavy atom. The first-order valence-electron chi connectivity index (χ1n) is 4.66. The van der Waals surface area contributed by atoms with Crippen molar-refractivity contribution in [3.63, 3.8) is 0 Å². The first-order chi connectivity index (χ1) is 6.72. The maximum absolute atomic E-state index is 12.2. The van der Waals surface area contributed by atoms with Crippen LogP contribution in [0.4, 0.5) is 8.78 Å². The van der Waals surface area contributed by atoms with Crippen LogP contribution < -0.4 is 0 Å². The molecule has 1 fully saturated rings. The summed E-state index contributed by atoms with van der Waals surface area (Å²) in [4.78, 5) is 0. The molecule has 0 amide bonds. The van der Waals surface area contributed by atoms with Crippen LogP contribution in [0.25, 0.3) is 0 Å². The second-order valence-electron chi connectivity index (χ2n) is 3.72. The first kappa shape index (κ1) is 9.91. The Hall–Kier alpha value is -0.630. The highest BCUT2D eigenvalue weighted by Gasteiger charge is 2.37. The minimum absolute atomic E-state index is 0.0943. The van der Waals surface area contributed by atoms with Crippen molar-refractivity contribution in [2.75, 3.05) is 5.88 Å². The van der Waals surface area contributed by atoms with E-state index in [0.717, 1.165) is 12.0 Å². The van der Waals surface area contributed by atoms with Gasteiger partial charge in [-0.15, -0.1) is 11.6 Å². The van der Waals surface area contributed by atoms with Gasteiger partial charge in [-0.3, -0.25) is 0 Å². The van der Waals surface area contributed by atoms with Crippen LogP contribution in [-0.2, 0) is 0 Å². The van der Waals surface area contributed by atoms with Gasteiger partial charge in [0, 0.05) is 11.4 Å². The Morgan fingerprint density at radius 1 is 1.29 bits per heavy atom. The third-order valence-electron chi connectivity index (χ3n) is 2.74. The number of rotatable bonds is 3. The van der Waals surface area contributed by atoms with Gasteiger partial charge in [0.05, 0.1) is 0 Å². The molecule has 2 rings (SSSR count). The molecular formula is C11H11ClF2. The molecule has 0 aromatic heterocycles. The van der Waals surface area contributed by atoms with E-state index < -0.39 is 6.43 Å². The van der Waals surface area contributed by atoms with Crippen LogP contribution in [-0.4, -0.2) is 5.88 Å². The van der Waals surface area contributed by atoms with Gasteiger partial charge in [0.1, 0.15) is 0 Å². The summed E-state index contributed by atoms with van der Waals surface area (Å²) < 4.78 is 24.5. The van der Waals surface area contributed by atoms with Crippen molar-refractivity contribution in [3.05, 3.63) is 35.4 Å².